The molecule has 0 N–H and O–H groups in total. The summed E-state index contributed by atoms with van der Waals surface area (Å²) in [4.78, 5) is 31.3. The molecule has 1 fully saturated rings. The predicted molar refractivity (Wildman–Crippen MR) is 162 cm³/mol. The Morgan fingerprint density at radius 1 is 0.667 bits per heavy atom. The van der Waals surface area contributed by atoms with E-state index in [1.807, 2.05) is 6.07 Å². The van der Waals surface area contributed by atoms with Crippen molar-refractivity contribution >= 4 is 46.5 Å². The van der Waals surface area contributed by atoms with Crippen LogP contribution in [0, 0.1) is 34.6 Å². The monoisotopic (exact) mass is 539 g/mol. The van der Waals surface area contributed by atoms with Gasteiger partial charge in [0.15, 0.2) is 16.8 Å². The van der Waals surface area contributed by atoms with Gasteiger partial charge >= 0.3 is 0 Å². The summed E-state index contributed by atoms with van der Waals surface area (Å²) in [7, 11) is 1.68. The maximum absolute atomic E-state index is 5.76. The third-order valence-electron chi connectivity index (χ3n) is 7.43. The lowest BCUT2D eigenvalue weighted by Gasteiger charge is -2.31. The van der Waals surface area contributed by atoms with E-state index in [4.69, 9.17) is 34.7 Å². The van der Waals surface area contributed by atoms with Crippen LogP contribution in [0.5, 0.6) is 5.75 Å². The van der Waals surface area contributed by atoms with Crippen LogP contribution in [0.15, 0.2) is 54.2 Å². The normalized spacial score (nSPS) is 18.9. The number of hydrogen-bond donors (Lipinski definition) is 0. The van der Waals surface area contributed by atoms with Gasteiger partial charge in [-0.2, -0.15) is 30.0 Å². The van der Waals surface area contributed by atoms with Gasteiger partial charge in [-0.05, 0) is 75.8 Å². The molecule has 1 saturated carbocycles. The third-order valence-corrected chi connectivity index (χ3v) is 8.63. The Morgan fingerprint density at radius 2 is 1.21 bits per heavy atom. The fourth-order valence-electron chi connectivity index (χ4n) is 5.79. The minimum Gasteiger partial charge on any atom is -0.496 e. The van der Waals surface area contributed by atoms with Crippen LogP contribution in [-0.4, -0.2) is 52.0 Å². The zero-order valence-corrected chi connectivity index (χ0v) is 24.2. The van der Waals surface area contributed by atoms with Crippen molar-refractivity contribution in [2.45, 2.75) is 72.0 Å². The largest absolute Gasteiger partial charge is 0.496 e. The standard InChI is InChI=1S/C30H33N7OS/c1-16-12-18(3)23(19(4)13-16)25-31-27-33-26(24-20(5)14-17(2)15-22(24)38-6)34-29-36-30(35-28(32-25)37(27)29)39-21-10-8-7-9-11-21/h12-15,21H,7-11H2,1-6H3. The number of aliphatic imine (C=N–C) groups is 6. The Labute approximate surface area is 233 Å². The second-order valence-electron chi connectivity index (χ2n) is 10.6. The molecular weight excluding hydrogens is 506 g/mol. The molecule has 2 aromatic rings. The van der Waals surface area contributed by atoms with Crippen molar-refractivity contribution in [1.82, 2.24) is 4.90 Å². The molecule has 1 aliphatic carbocycles. The van der Waals surface area contributed by atoms with E-state index in [2.05, 4.69) is 52.8 Å². The highest BCUT2D eigenvalue weighted by atomic mass is 32.2. The number of methoxy groups -OCH3 is 1. The van der Waals surface area contributed by atoms with Gasteiger partial charge in [0.1, 0.15) is 5.75 Å². The first-order valence-electron chi connectivity index (χ1n) is 13.5. The average molecular weight is 540 g/mol. The molecular formula is C30H33N7OS. The lowest BCUT2D eigenvalue weighted by molar-refractivity contribution is 0.413. The van der Waals surface area contributed by atoms with Gasteiger partial charge in [-0.25, -0.2) is 4.90 Å². The summed E-state index contributed by atoms with van der Waals surface area (Å²) >= 11 is 1.74. The van der Waals surface area contributed by atoms with Crippen LogP contribution in [0.3, 0.4) is 0 Å². The van der Waals surface area contributed by atoms with Gasteiger partial charge in [0.25, 0.3) is 0 Å². The Balaban J connectivity index is 1.52. The van der Waals surface area contributed by atoms with Crippen LogP contribution < -0.4 is 4.74 Å². The molecule has 0 atom stereocenters. The number of amidine groups is 3. The summed E-state index contributed by atoms with van der Waals surface area (Å²) in [6.07, 6.45) is 6.17. The van der Waals surface area contributed by atoms with Crippen LogP contribution >= 0.6 is 11.8 Å². The summed E-state index contributed by atoms with van der Waals surface area (Å²) in [6.45, 7) is 10.4. The SMILES string of the molecule is COc1cc(C)cc(C)c1C1=NC2=NC(SC3CCCCC3)=NC3=NC(c4c(C)cc(C)cc4C)=NC(=N1)N23. The van der Waals surface area contributed by atoms with Crippen molar-refractivity contribution in [2.24, 2.45) is 30.0 Å². The summed E-state index contributed by atoms with van der Waals surface area (Å²) in [6, 6.07) is 8.44. The maximum atomic E-state index is 5.76. The molecule has 200 valence electrons. The highest BCUT2D eigenvalue weighted by Gasteiger charge is 2.37. The number of ether oxygens (including phenoxy) is 1. The van der Waals surface area contributed by atoms with Gasteiger partial charge in [0, 0.05) is 10.8 Å². The number of rotatable bonds is 4. The first-order chi connectivity index (χ1) is 18.8. The number of guanidine groups is 3. The molecule has 9 heteroatoms. The van der Waals surface area contributed by atoms with Gasteiger partial charge in [0.05, 0.1) is 12.7 Å². The van der Waals surface area contributed by atoms with Gasteiger partial charge in [-0.3, -0.25) is 0 Å². The van der Waals surface area contributed by atoms with E-state index in [9.17, 15) is 0 Å². The minimum atomic E-state index is 0.464. The molecule has 0 unspecified atom stereocenters. The van der Waals surface area contributed by atoms with E-state index in [0.29, 0.717) is 40.0 Å². The quantitative estimate of drug-likeness (QED) is 0.459. The second-order valence-corrected chi connectivity index (χ2v) is 11.9. The molecule has 0 amide bonds. The van der Waals surface area contributed by atoms with Crippen LogP contribution in [0.1, 0.15) is 71.0 Å². The zero-order chi connectivity index (χ0) is 27.3. The topological polar surface area (TPSA) is 86.6 Å². The van der Waals surface area contributed by atoms with Crippen LogP contribution in [-0.2, 0) is 0 Å². The van der Waals surface area contributed by atoms with Crippen LogP contribution in [0.4, 0.5) is 0 Å². The molecule has 0 spiro atoms. The molecule has 3 heterocycles. The molecule has 8 nitrogen and oxygen atoms in total. The number of hydrogen-bond acceptors (Lipinski definition) is 9. The van der Waals surface area contributed by atoms with E-state index in [1.165, 1.54) is 37.7 Å². The van der Waals surface area contributed by atoms with E-state index in [-0.39, 0.29) is 0 Å². The summed E-state index contributed by atoms with van der Waals surface area (Å²) < 4.78 is 5.76. The molecule has 4 aliphatic rings. The molecule has 0 saturated heterocycles. The zero-order valence-electron chi connectivity index (χ0n) is 23.4. The van der Waals surface area contributed by atoms with E-state index in [1.54, 1.807) is 23.8 Å². The predicted octanol–water partition coefficient (Wildman–Crippen LogP) is 6.26. The van der Waals surface area contributed by atoms with E-state index in [0.717, 1.165) is 39.1 Å². The van der Waals surface area contributed by atoms with Crippen LogP contribution in [0.25, 0.3) is 0 Å². The van der Waals surface area contributed by atoms with Gasteiger partial charge in [-0.1, -0.05) is 54.8 Å². The Hall–Kier alpha value is -3.59. The smallest absolute Gasteiger partial charge is 0.244 e. The third kappa shape index (κ3) is 4.84. The Bertz CT molecular complexity index is 1530. The molecule has 39 heavy (non-hydrogen) atoms. The van der Waals surface area contributed by atoms with E-state index >= 15 is 0 Å². The Morgan fingerprint density at radius 3 is 1.85 bits per heavy atom. The number of thioether (sulfide) groups is 1. The molecule has 2 aromatic carbocycles. The molecule has 0 aromatic heterocycles. The first-order valence-corrected chi connectivity index (χ1v) is 14.4. The van der Waals surface area contributed by atoms with Crippen LogP contribution in [0.2, 0.25) is 0 Å². The van der Waals surface area contributed by atoms with Gasteiger partial charge in [-0.15, -0.1) is 0 Å². The average Bonchev–Trinajstić information content (AvgIpc) is 2.88. The van der Waals surface area contributed by atoms with Crippen molar-refractivity contribution < 1.29 is 4.74 Å². The minimum absolute atomic E-state index is 0.464. The number of benzene rings is 2. The fraction of sp³-hybridized carbons (Fsp3) is 0.400. The van der Waals surface area contributed by atoms with E-state index < -0.39 is 0 Å². The highest BCUT2D eigenvalue weighted by Crippen LogP contribution is 2.33. The van der Waals surface area contributed by atoms with Crippen molar-refractivity contribution in [2.75, 3.05) is 7.11 Å². The lowest BCUT2D eigenvalue weighted by Crippen LogP contribution is -2.48. The second kappa shape index (κ2) is 10.2. The molecule has 3 aliphatic heterocycles. The van der Waals surface area contributed by atoms with Crippen molar-refractivity contribution in [1.29, 1.82) is 0 Å². The highest BCUT2D eigenvalue weighted by molar-refractivity contribution is 8.14. The first kappa shape index (κ1) is 25.7. The maximum Gasteiger partial charge on any atom is 0.244 e. The lowest BCUT2D eigenvalue weighted by atomic mass is 9.99. The van der Waals surface area contributed by atoms with Gasteiger partial charge in [0.2, 0.25) is 17.9 Å². The van der Waals surface area contributed by atoms with Gasteiger partial charge < -0.3 is 4.74 Å². The summed E-state index contributed by atoms with van der Waals surface area (Å²) in [5.41, 5.74) is 7.44. The molecule has 0 bridgehead atoms. The van der Waals surface area contributed by atoms with Crippen molar-refractivity contribution in [3.8, 4) is 5.75 Å². The Kier molecular flexibility index (Phi) is 6.71. The molecule has 6 rings (SSSR count). The fourth-order valence-corrected chi connectivity index (χ4v) is 6.92. The van der Waals surface area contributed by atoms with Crippen molar-refractivity contribution in [3.05, 3.63) is 63.2 Å². The summed E-state index contributed by atoms with van der Waals surface area (Å²) in [5.74, 6) is 3.33. The number of aryl methyl sites for hydroxylation is 5. The number of nitrogens with zero attached hydrogens (tertiary/aromatic N) is 7. The summed E-state index contributed by atoms with van der Waals surface area (Å²) in [5, 5.41) is 1.20. The van der Waals surface area contributed by atoms with Crippen molar-refractivity contribution in [3.63, 3.8) is 0 Å². The molecule has 0 radical (unpaired) electrons.